The maximum absolute atomic E-state index is 15.4. The van der Waals surface area contributed by atoms with Crippen LogP contribution in [0.25, 0.3) is 0 Å². The van der Waals surface area contributed by atoms with Gasteiger partial charge in [-0.15, -0.1) is 10.2 Å². The molecule has 2 N–H and O–H groups in total. The van der Waals surface area contributed by atoms with E-state index in [-0.39, 0.29) is 36.6 Å². The SMILES string of the molecule is C[C@H]1CC[C@H](c2ccccc2)S(=O)(=O)N1Cc1cc(F)c([C@]2(c3nnc[nH]3)C[C@H](O)C2)cc1F. The summed E-state index contributed by atoms with van der Waals surface area (Å²) in [5.41, 5.74) is -0.258. The van der Waals surface area contributed by atoms with Crippen LogP contribution < -0.4 is 0 Å². The number of aromatic amines is 1. The topological polar surface area (TPSA) is 99.2 Å². The Hall–Kier alpha value is -2.69. The molecule has 10 heteroatoms. The fourth-order valence-electron chi connectivity index (χ4n) is 5.32. The first-order valence-electron chi connectivity index (χ1n) is 11.3. The van der Waals surface area contributed by atoms with Gasteiger partial charge in [-0.3, -0.25) is 0 Å². The van der Waals surface area contributed by atoms with E-state index in [2.05, 4.69) is 15.2 Å². The number of benzene rings is 2. The summed E-state index contributed by atoms with van der Waals surface area (Å²) in [6.45, 7) is 1.53. The molecule has 180 valence electrons. The molecule has 1 aliphatic carbocycles. The highest BCUT2D eigenvalue weighted by Gasteiger charge is 2.50. The van der Waals surface area contributed by atoms with Crippen molar-refractivity contribution >= 4 is 10.0 Å². The first kappa shape index (κ1) is 23.1. The quantitative estimate of drug-likeness (QED) is 0.572. The lowest BCUT2D eigenvalue weighted by Gasteiger charge is -2.44. The zero-order valence-electron chi connectivity index (χ0n) is 18.7. The lowest BCUT2D eigenvalue weighted by atomic mass is 9.62. The summed E-state index contributed by atoms with van der Waals surface area (Å²) in [5.74, 6) is -0.996. The molecular formula is C24H26F2N4O3S. The Morgan fingerprint density at radius 1 is 1.15 bits per heavy atom. The molecule has 0 radical (unpaired) electrons. The molecule has 0 spiro atoms. The Morgan fingerprint density at radius 3 is 2.53 bits per heavy atom. The lowest BCUT2D eigenvalue weighted by molar-refractivity contribution is 0.0320. The molecule has 2 heterocycles. The largest absolute Gasteiger partial charge is 0.393 e. The molecule has 1 saturated heterocycles. The summed E-state index contributed by atoms with van der Waals surface area (Å²) in [7, 11) is -3.78. The summed E-state index contributed by atoms with van der Waals surface area (Å²) in [6.07, 6.45) is 2.18. The number of nitrogens with one attached hydrogen (secondary N) is 1. The second kappa shape index (κ2) is 8.51. The molecule has 0 unspecified atom stereocenters. The zero-order valence-corrected chi connectivity index (χ0v) is 19.5. The molecule has 1 aromatic heterocycles. The van der Waals surface area contributed by atoms with Gasteiger partial charge in [-0.1, -0.05) is 30.3 Å². The van der Waals surface area contributed by atoms with Gasteiger partial charge in [0.2, 0.25) is 10.0 Å². The Bertz CT molecular complexity index is 1280. The zero-order chi connectivity index (χ0) is 24.1. The molecule has 0 bridgehead atoms. The third-order valence-corrected chi connectivity index (χ3v) is 9.58. The van der Waals surface area contributed by atoms with Crippen LogP contribution >= 0.6 is 0 Å². The molecule has 1 aliphatic heterocycles. The maximum Gasteiger partial charge on any atom is 0.221 e. The Kier molecular flexibility index (Phi) is 5.78. The van der Waals surface area contributed by atoms with Crippen LogP contribution in [0.1, 0.15) is 60.4 Å². The van der Waals surface area contributed by atoms with Crippen molar-refractivity contribution in [2.75, 3.05) is 0 Å². The highest BCUT2D eigenvalue weighted by Crippen LogP contribution is 2.49. The summed E-state index contributed by atoms with van der Waals surface area (Å²) >= 11 is 0. The second-order valence-electron chi connectivity index (χ2n) is 9.32. The van der Waals surface area contributed by atoms with E-state index in [0.29, 0.717) is 24.2 Å². The van der Waals surface area contributed by atoms with Crippen molar-refractivity contribution in [1.82, 2.24) is 19.5 Å². The van der Waals surface area contributed by atoms with E-state index in [1.165, 1.54) is 10.6 Å². The van der Waals surface area contributed by atoms with Crippen LogP contribution in [-0.2, 0) is 22.0 Å². The number of H-pyrrole nitrogens is 1. The molecule has 5 rings (SSSR count). The van der Waals surface area contributed by atoms with Gasteiger partial charge in [-0.2, -0.15) is 4.31 Å². The molecular weight excluding hydrogens is 462 g/mol. The van der Waals surface area contributed by atoms with Crippen molar-refractivity contribution < 1.29 is 22.3 Å². The van der Waals surface area contributed by atoms with Crippen LogP contribution in [0, 0.1) is 11.6 Å². The fraction of sp³-hybridized carbons (Fsp3) is 0.417. The number of hydrogen-bond acceptors (Lipinski definition) is 5. The van der Waals surface area contributed by atoms with Crippen LogP contribution in [0.3, 0.4) is 0 Å². The number of nitrogens with zero attached hydrogens (tertiary/aromatic N) is 3. The number of halogens is 2. The van der Waals surface area contributed by atoms with E-state index in [4.69, 9.17) is 0 Å². The Labute approximate surface area is 196 Å². The van der Waals surface area contributed by atoms with Gasteiger partial charge in [0, 0.05) is 23.7 Å². The standard InChI is InChI=1S/C24H26F2N4O3S/c1-15-7-8-22(16-5-3-2-4-6-16)34(32,33)30(15)13-17-9-21(26)19(10-20(17)25)24(11-18(31)12-24)23-27-14-28-29-23/h2-6,9-10,14-15,18,22,31H,7-8,11-13H2,1H3,(H,27,28,29)/t15-,18-,22+,24-/m0/s1. The van der Waals surface area contributed by atoms with Crippen LogP contribution in [0.2, 0.25) is 0 Å². The minimum absolute atomic E-state index is 0.0296. The number of aromatic nitrogens is 3. The molecule has 2 fully saturated rings. The molecule has 2 aliphatic rings. The van der Waals surface area contributed by atoms with Crippen LogP contribution in [0.5, 0.6) is 0 Å². The first-order valence-corrected chi connectivity index (χ1v) is 12.8. The van der Waals surface area contributed by atoms with E-state index >= 15 is 8.78 Å². The van der Waals surface area contributed by atoms with Gasteiger partial charge in [-0.05, 0) is 50.3 Å². The number of sulfonamides is 1. The first-order chi connectivity index (χ1) is 16.2. The smallest absolute Gasteiger partial charge is 0.221 e. The lowest BCUT2D eigenvalue weighted by Crippen LogP contribution is -2.47. The number of hydrogen-bond donors (Lipinski definition) is 2. The fourth-order valence-corrected chi connectivity index (χ4v) is 7.51. The predicted octanol–water partition coefficient (Wildman–Crippen LogP) is 3.58. The van der Waals surface area contributed by atoms with Crippen molar-refractivity contribution in [3.8, 4) is 0 Å². The predicted molar refractivity (Wildman–Crippen MR) is 121 cm³/mol. The van der Waals surface area contributed by atoms with Gasteiger partial charge in [0.25, 0.3) is 0 Å². The maximum atomic E-state index is 15.4. The molecule has 34 heavy (non-hydrogen) atoms. The average molecular weight is 489 g/mol. The van der Waals surface area contributed by atoms with E-state index in [1.807, 2.05) is 6.07 Å². The van der Waals surface area contributed by atoms with E-state index in [0.717, 1.165) is 12.1 Å². The third kappa shape index (κ3) is 3.73. The van der Waals surface area contributed by atoms with Gasteiger partial charge < -0.3 is 10.1 Å². The van der Waals surface area contributed by atoms with Crippen molar-refractivity contribution in [1.29, 1.82) is 0 Å². The van der Waals surface area contributed by atoms with Crippen LogP contribution in [0.4, 0.5) is 8.78 Å². The van der Waals surface area contributed by atoms with Gasteiger partial charge >= 0.3 is 0 Å². The van der Waals surface area contributed by atoms with Crippen molar-refractivity contribution in [2.24, 2.45) is 0 Å². The Balaban J connectivity index is 1.48. The molecule has 3 aromatic rings. The normalized spacial score (nSPS) is 29.0. The van der Waals surface area contributed by atoms with E-state index in [9.17, 15) is 13.5 Å². The third-order valence-electron chi connectivity index (χ3n) is 7.21. The monoisotopic (exact) mass is 488 g/mol. The van der Waals surface area contributed by atoms with E-state index < -0.39 is 38.4 Å². The van der Waals surface area contributed by atoms with Crippen molar-refractivity contribution in [3.63, 3.8) is 0 Å². The number of rotatable bonds is 5. The van der Waals surface area contributed by atoms with Crippen LogP contribution in [0.15, 0.2) is 48.8 Å². The van der Waals surface area contributed by atoms with Gasteiger partial charge in [0.05, 0.1) is 11.5 Å². The number of aliphatic hydroxyl groups is 1. The minimum Gasteiger partial charge on any atom is -0.393 e. The molecule has 0 amide bonds. The summed E-state index contributed by atoms with van der Waals surface area (Å²) < 4.78 is 58.9. The highest BCUT2D eigenvalue weighted by atomic mass is 32.2. The van der Waals surface area contributed by atoms with Gasteiger partial charge in [-0.25, -0.2) is 17.2 Å². The van der Waals surface area contributed by atoms with E-state index in [1.54, 1.807) is 31.2 Å². The summed E-state index contributed by atoms with van der Waals surface area (Å²) in [5, 5.41) is 16.9. The summed E-state index contributed by atoms with van der Waals surface area (Å²) in [4.78, 5) is 2.85. The average Bonchev–Trinajstić information content (AvgIpc) is 3.32. The van der Waals surface area contributed by atoms with Gasteiger partial charge in [0.1, 0.15) is 29.0 Å². The number of aliphatic hydroxyl groups excluding tert-OH is 1. The molecule has 7 nitrogen and oxygen atoms in total. The Morgan fingerprint density at radius 2 is 1.88 bits per heavy atom. The molecule has 1 saturated carbocycles. The van der Waals surface area contributed by atoms with Crippen molar-refractivity contribution in [2.45, 2.75) is 62.0 Å². The molecule has 2 atom stereocenters. The second-order valence-corrected chi connectivity index (χ2v) is 11.4. The minimum atomic E-state index is -3.78. The highest BCUT2D eigenvalue weighted by molar-refractivity contribution is 7.89. The van der Waals surface area contributed by atoms with Crippen molar-refractivity contribution in [3.05, 3.63) is 82.9 Å². The summed E-state index contributed by atoms with van der Waals surface area (Å²) in [6, 6.07) is 10.8. The van der Waals surface area contributed by atoms with Gasteiger partial charge in [0.15, 0.2) is 0 Å². The van der Waals surface area contributed by atoms with Crippen LogP contribution in [-0.4, -0.2) is 45.2 Å². The molecule has 2 aromatic carbocycles.